The fourth-order valence-corrected chi connectivity index (χ4v) is 4.84. The quantitative estimate of drug-likeness (QED) is 0.422. The van der Waals surface area contributed by atoms with Gasteiger partial charge >= 0.3 is 0 Å². The van der Waals surface area contributed by atoms with E-state index < -0.39 is 21.8 Å². The van der Waals surface area contributed by atoms with Crippen LogP contribution in [0.4, 0.5) is 0 Å². The number of carbonyl (C=O) groups is 2. The Morgan fingerprint density at radius 2 is 1.96 bits per heavy atom. The standard InChI is InChI=1S/C19H29N3O5S/c1-3-4-8-15(12-18(23)20-25)19(24)22-13-16(11-14(22)2)21-28(26,27)17-9-6-5-7-10-17/h5-7,9-10,14-16,21,25H,3-4,8,11-13H2,1-2H3,(H,20,23)/t14-,15-,16+/m1/s1. The van der Waals surface area contributed by atoms with E-state index in [1.165, 1.54) is 12.1 Å². The normalized spacial score (nSPS) is 20.8. The summed E-state index contributed by atoms with van der Waals surface area (Å²) in [6, 6.07) is 7.59. The number of carbonyl (C=O) groups excluding carboxylic acids is 2. The summed E-state index contributed by atoms with van der Waals surface area (Å²) in [5.74, 6) is -1.30. The number of likely N-dealkylation sites (tertiary alicyclic amines) is 1. The van der Waals surface area contributed by atoms with Crippen molar-refractivity contribution in [3.05, 3.63) is 30.3 Å². The average molecular weight is 412 g/mol. The highest BCUT2D eigenvalue weighted by Gasteiger charge is 2.37. The first-order valence-electron chi connectivity index (χ1n) is 9.59. The van der Waals surface area contributed by atoms with Crippen LogP contribution in [0.15, 0.2) is 35.2 Å². The summed E-state index contributed by atoms with van der Waals surface area (Å²) in [4.78, 5) is 26.4. The van der Waals surface area contributed by atoms with Crippen molar-refractivity contribution in [2.24, 2.45) is 5.92 Å². The number of hydroxylamine groups is 1. The van der Waals surface area contributed by atoms with Gasteiger partial charge in [0, 0.05) is 31.0 Å². The number of nitrogens with zero attached hydrogens (tertiary/aromatic N) is 1. The largest absolute Gasteiger partial charge is 0.338 e. The molecule has 0 radical (unpaired) electrons. The monoisotopic (exact) mass is 411 g/mol. The molecule has 0 unspecified atom stereocenters. The van der Waals surface area contributed by atoms with Crippen LogP contribution in [0, 0.1) is 5.92 Å². The number of hydrogen-bond acceptors (Lipinski definition) is 5. The SMILES string of the molecule is CCCC[C@H](CC(=O)NO)C(=O)N1C[C@@H](NS(=O)(=O)c2ccccc2)C[C@H]1C. The number of sulfonamides is 1. The van der Waals surface area contributed by atoms with Gasteiger partial charge in [-0.25, -0.2) is 18.6 Å². The van der Waals surface area contributed by atoms with Crippen molar-refractivity contribution >= 4 is 21.8 Å². The van der Waals surface area contributed by atoms with Gasteiger partial charge in [-0.2, -0.15) is 0 Å². The zero-order valence-corrected chi connectivity index (χ0v) is 17.1. The summed E-state index contributed by atoms with van der Waals surface area (Å²) in [7, 11) is -3.66. The summed E-state index contributed by atoms with van der Waals surface area (Å²) in [6.45, 7) is 4.13. The highest BCUT2D eigenvalue weighted by Crippen LogP contribution is 2.25. The van der Waals surface area contributed by atoms with Gasteiger partial charge in [0.1, 0.15) is 0 Å². The maximum Gasteiger partial charge on any atom is 0.244 e. The van der Waals surface area contributed by atoms with Crippen molar-refractivity contribution in [1.29, 1.82) is 0 Å². The van der Waals surface area contributed by atoms with Crippen molar-refractivity contribution in [3.8, 4) is 0 Å². The highest BCUT2D eigenvalue weighted by atomic mass is 32.2. The first kappa shape index (κ1) is 22.3. The number of rotatable bonds is 9. The molecule has 28 heavy (non-hydrogen) atoms. The molecule has 1 aromatic carbocycles. The molecule has 1 saturated heterocycles. The fraction of sp³-hybridized carbons (Fsp3) is 0.579. The molecule has 3 atom stereocenters. The van der Waals surface area contributed by atoms with E-state index in [9.17, 15) is 18.0 Å². The van der Waals surface area contributed by atoms with E-state index in [1.54, 1.807) is 28.6 Å². The van der Waals surface area contributed by atoms with Gasteiger partial charge in [-0.05, 0) is 31.9 Å². The maximum atomic E-state index is 13.0. The van der Waals surface area contributed by atoms with Crippen LogP contribution in [-0.2, 0) is 19.6 Å². The lowest BCUT2D eigenvalue weighted by molar-refractivity contribution is -0.141. The third-order valence-corrected chi connectivity index (χ3v) is 6.58. The molecule has 2 amide bonds. The van der Waals surface area contributed by atoms with Crippen molar-refractivity contribution in [1.82, 2.24) is 15.1 Å². The van der Waals surface area contributed by atoms with Crippen LogP contribution in [-0.4, -0.2) is 49.0 Å². The topological polar surface area (TPSA) is 116 Å². The summed E-state index contributed by atoms with van der Waals surface area (Å²) in [5.41, 5.74) is 1.59. The maximum absolute atomic E-state index is 13.0. The molecular weight excluding hydrogens is 382 g/mol. The third-order valence-electron chi connectivity index (χ3n) is 5.05. The molecule has 0 aromatic heterocycles. The lowest BCUT2D eigenvalue weighted by Crippen LogP contribution is -2.42. The molecule has 0 saturated carbocycles. The zero-order valence-electron chi connectivity index (χ0n) is 16.3. The van der Waals surface area contributed by atoms with Gasteiger partial charge < -0.3 is 4.90 Å². The summed E-state index contributed by atoms with van der Waals surface area (Å²) >= 11 is 0. The van der Waals surface area contributed by atoms with Gasteiger partial charge in [-0.3, -0.25) is 14.8 Å². The fourth-order valence-electron chi connectivity index (χ4n) is 3.58. The minimum absolute atomic E-state index is 0.0844. The summed E-state index contributed by atoms with van der Waals surface area (Å²) in [5, 5.41) is 8.78. The predicted octanol–water partition coefficient (Wildman–Crippen LogP) is 1.66. The smallest absolute Gasteiger partial charge is 0.244 e. The molecule has 1 aliphatic heterocycles. The molecule has 3 N–H and O–H groups in total. The third kappa shape index (κ3) is 5.76. The second-order valence-electron chi connectivity index (χ2n) is 7.28. The van der Waals surface area contributed by atoms with Crippen molar-refractivity contribution in [2.45, 2.75) is 62.9 Å². The Morgan fingerprint density at radius 3 is 2.57 bits per heavy atom. The van der Waals surface area contributed by atoms with Crippen LogP contribution in [0.1, 0.15) is 46.0 Å². The van der Waals surface area contributed by atoms with E-state index in [-0.39, 0.29) is 35.9 Å². The van der Waals surface area contributed by atoms with Crippen molar-refractivity contribution < 1.29 is 23.2 Å². The number of unbranched alkanes of at least 4 members (excludes halogenated alkanes) is 1. The predicted molar refractivity (Wildman–Crippen MR) is 104 cm³/mol. The Labute approximate surface area is 166 Å². The van der Waals surface area contributed by atoms with Crippen LogP contribution < -0.4 is 10.2 Å². The lowest BCUT2D eigenvalue weighted by atomic mass is 9.96. The molecule has 8 nitrogen and oxygen atoms in total. The van der Waals surface area contributed by atoms with E-state index >= 15 is 0 Å². The highest BCUT2D eigenvalue weighted by molar-refractivity contribution is 7.89. The molecule has 1 aliphatic rings. The Hall–Kier alpha value is -1.97. The molecule has 1 heterocycles. The van der Waals surface area contributed by atoms with Gasteiger partial charge in [-0.15, -0.1) is 0 Å². The average Bonchev–Trinajstić information content (AvgIpc) is 3.04. The molecule has 2 rings (SSSR count). The van der Waals surface area contributed by atoms with Gasteiger partial charge in [0.2, 0.25) is 21.8 Å². The summed E-state index contributed by atoms with van der Waals surface area (Å²) < 4.78 is 27.8. The van der Waals surface area contributed by atoms with E-state index in [2.05, 4.69) is 4.72 Å². The molecule has 0 aliphatic carbocycles. The van der Waals surface area contributed by atoms with Crippen LogP contribution in [0.25, 0.3) is 0 Å². The lowest BCUT2D eigenvalue weighted by Gasteiger charge is -2.26. The number of nitrogens with one attached hydrogen (secondary N) is 2. The number of amides is 2. The minimum atomic E-state index is -3.66. The molecule has 9 heteroatoms. The second-order valence-corrected chi connectivity index (χ2v) is 9.00. The Morgan fingerprint density at radius 1 is 1.29 bits per heavy atom. The first-order chi connectivity index (χ1) is 13.3. The van der Waals surface area contributed by atoms with Gasteiger partial charge in [0.25, 0.3) is 0 Å². The summed E-state index contributed by atoms with van der Waals surface area (Å²) in [6.07, 6.45) is 2.65. The van der Waals surface area contributed by atoms with E-state index in [4.69, 9.17) is 5.21 Å². The van der Waals surface area contributed by atoms with E-state index in [0.717, 1.165) is 12.8 Å². The molecule has 0 bridgehead atoms. The van der Waals surface area contributed by atoms with Gasteiger partial charge in [-0.1, -0.05) is 38.0 Å². The van der Waals surface area contributed by atoms with Crippen LogP contribution in [0.3, 0.4) is 0 Å². The number of hydrogen-bond donors (Lipinski definition) is 3. The minimum Gasteiger partial charge on any atom is -0.338 e. The molecule has 0 spiro atoms. The molecule has 156 valence electrons. The Kier molecular flexibility index (Phi) is 7.97. The van der Waals surface area contributed by atoms with E-state index in [1.807, 2.05) is 13.8 Å². The van der Waals surface area contributed by atoms with E-state index in [0.29, 0.717) is 12.8 Å². The number of benzene rings is 1. The Balaban J connectivity index is 2.06. The molecule has 1 fully saturated rings. The van der Waals surface area contributed by atoms with Crippen molar-refractivity contribution in [2.75, 3.05) is 6.54 Å². The van der Waals surface area contributed by atoms with Gasteiger partial charge in [0.05, 0.1) is 4.90 Å². The molecular formula is C19H29N3O5S. The molecule has 1 aromatic rings. The van der Waals surface area contributed by atoms with Crippen molar-refractivity contribution in [3.63, 3.8) is 0 Å². The van der Waals surface area contributed by atoms with Crippen LogP contribution in [0.2, 0.25) is 0 Å². The second kappa shape index (κ2) is 9.99. The zero-order chi connectivity index (χ0) is 20.7. The van der Waals surface area contributed by atoms with Crippen LogP contribution in [0.5, 0.6) is 0 Å². The van der Waals surface area contributed by atoms with Crippen LogP contribution >= 0.6 is 0 Å². The first-order valence-corrected chi connectivity index (χ1v) is 11.1. The van der Waals surface area contributed by atoms with Gasteiger partial charge in [0.15, 0.2) is 0 Å². The Bertz CT molecular complexity index is 769.